The average Bonchev–Trinajstić information content (AvgIpc) is 3.01. The molecule has 1 amide bonds. The molecule has 1 fully saturated rings. The summed E-state index contributed by atoms with van der Waals surface area (Å²) < 4.78 is 7.38. The van der Waals surface area contributed by atoms with E-state index in [9.17, 15) is 9.59 Å². The molecule has 3 rings (SSSR count). The number of nitrogens with one attached hydrogen (secondary N) is 1. The fraction of sp³-hybridized carbons (Fsp3) is 0.429. The largest absolute Gasteiger partial charge is 0.382 e. The highest BCUT2D eigenvalue weighted by Crippen LogP contribution is 2.33. The maximum absolute atomic E-state index is 13.2. The number of carbonyl (C=O) groups excluding carboxylic acids is 1. The number of unbranched alkanes of at least 4 members (excludes halogenated alkanes) is 1. The second kappa shape index (κ2) is 10.7. The molecule has 2 aromatic heterocycles. The summed E-state index contributed by atoms with van der Waals surface area (Å²) in [6.45, 7) is 6.51. The Hall–Kier alpha value is -2.23. The van der Waals surface area contributed by atoms with Crippen molar-refractivity contribution in [3.8, 4) is 0 Å². The Bertz CT molecular complexity index is 1020. The standard InChI is InChI=1S/C21H26N4O3S2/c1-3-5-11-25-20(27)16(30-21(25)29)14-15-18(22-10-8-13-28-4-2)23-17-9-6-7-12-24(17)19(15)26/h6-7,9,12,14,22H,3-5,8,10-11,13H2,1-2H3/b16-14-. The number of ether oxygens (including phenoxy) is 1. The molecule has 0 saturated carbocycles. The van der Waals surface area contributed by atoms with Gasteiger partial charge >= 0.3 is 0 Å². The molecular formula is C21H26N4O3S2. The van der Waals surface area contributed by atoms with Crippen LogP contribution in [0.3, 0.4) is 0 Å². The number of fused-ring (bicyclic) bond motifs is 1. The highest BCUT2D eigenvalue weighted by molar-refractivity contribution is 8.26. The van der Waals surface area contributed by atoms with Crippen LogP contribution >= 0.6 is 24.0 Å². The Labute approximate surface area is 185 Å². The van der Waals surface area contributed by atoms with Gasteiger partial charge in [-0.1, -0.05) is 43.4 Å². The summed E-state index contributed by atoms with van der Waals surface area (Å²) in [6.07, 6.45) is 5.93. The van der Waals surface area contributed by atoms with Crippen molar-refractivity contribution in [2.24, 2.45) is 0 Å². The number of aromatic nitrogens is 2. The molecule has 160 valence electrons. The van der Waals surface area contributed by atoms with Crippen LogP contribution in [0.1, 0.15) is 38.7 Å². The summed E-state index contributed by atoms with van der Waals surface area (Å²) in [5.41, 5.74) is 0.667. The first-order valence-electron chi connectivity index (χ1n) is 10.1. The van der Waals surface area contributed by atoms with E-state index < -0.39 is 0 Å². The van der Waals surface area contributed by atoms with E-state index in [0.717, 1.165) is 19.3 Å². The number of rotatable bonds is 10. The van der Waals surface area contributed by atoms with Gasteiger partial charge in [0, 0.05) is 32.5 Å². The van der Waals surface area contributed by atoms with Crippen LogP contribution in [-0.2, 0) is 9.53 Å². The van der Waals surface area contributed by atoms with Gasteiger partial charge in [0.2, 0.25) is 0 Å². The average molecular weight is 447 g/mol. The highest BCUT2D eigenvalue weighted by Gasteiger charge is 2.32. The van der Waals surface area contributed by atoms with Gasteiger partial charge in [0.05, 0.1) is 10.5 Å². The van der Waals surface area contributed by atoms with Gasteiger partial charge in [0.25, 0.3) is 11.5 Å². The second-order valence-corrected chi connectivity index (χ2v) is 8.45. The summed E-state index contributed by atoms with van der Waals surface area (Å²) in [6, 6.07) is 5.39. The van der Waals surface area contributed by atoms with Gasteiger partial charge in [-0.3, -0.25) is 18.9 Å². The molecule has 9 heteroatoms. The number of pyridine rings is 1. The Morgan fingerprint density at radius 3 is 2.87 bits per heavy atom. The summed E-state index contributed by atoms with van der Waals surface area (Å²) in [4.78, 5) is 32.7. The number of carbonyl (C=O) groups is 1. The minimum absolute atomic E-state index is 0.154. The number of thiocarbonyl (C=S) groups is 1. The monoisotopic (exact) mass is 446 g/mol. The van der Waals surface area contributed by atoms with Crippen molar-refractivity contribution in [3.05, 3.63) is 45.2 Å². The normalized spacial score (nSPS) is 15.5. The van der Waals surface area contributed by atoms with Gasteiger partial charge < -0.3 is 10.1 Å². The summed E-state index contributed by atoms with van der Waals surface area (Å²) in [7, 11) is 0. The van der Waals surface area contributed by atoms with Gasteiger partial charge in [-0.2, -0.15) is 0 Å². The molecule has 0 bridgehead atoms. The maximum atomic E-state index is 13.2. The molecule has 0 aliphatic carbocycles. The summed E-state index contributed by atoms with van der Waals surface area (Å²) >= 11 is 6.61. The van der Waals surface area contributed by atoms with Gasteiger partial charge in [-0.15, -0.1) is 0 Å². The van der Waals surface area contributed by atoms with Crippen molar-refractivity contribution in [3.63, 3.8) is 0 Å². The fourth-order valence-electron chi connectivity index (χ4n) is 3.03. The van der Waals surface area contributed by atoms with Crippen molar-refractivity contribution in [2.45, 2.75) is 33.1 Å². The second-order valence-electron chi connectivity index (χ2n) is 6.77. The molecule has 1 N–H and O–H groups in total. The predicted molar refractivity (Wildman–Crippen MR) is 126 cm³/mol. The molecule has 7 nitrogen and oxygen atoms in total. The number of hydrogen-bond acceptors (Lipinski definition) is 7. The van der Waals surface area contributed by atoms with Crippen molar-refractivity contribution < 1.29 is 9.53 Å². The maximum Gasteiger partial charge on any atom is 0.267 e. The Morgan fingerprint density at radius 2 is 2.10 bits per heavy atom. The fourth-order valence-corrected chi connectivity index (χ4v) is 4.32. The van der Waals surface area contributed by atoms with E-state index in [4.69, 9.17) is 17.0 Å². The van der Waals surface area contributed by atoms with E-state index in [1.165, 1.54) is 16.2 Å². The zero-order valence-corrected chi connectivity index (χ0v) is 18.9. The molecule has 30 heavy (non-hydrogen) atoms. The predicted octanol–water partition coefficient (Wildman–Crippen LogP) is 3.53. The van der Waals surface area contributed by atoms with E-state index in [1.807, 2.05) is 13.0 Å². The zero-order valence-electron chi connectivity index (χ0n) is 17.2. The first-order chi connectivity index (χ1) is 14.6. The Morgan fingerprint density at radius 1 is 1.27 bits per heavy atom. The molecule has 0 atom stereocenters. The number of nitrogens with zero attached hydrogens (tertiary/aromatic N) is 3. The Balaban J connectivity index is 1.95. The molecule has 1 aliphatic rings. The third-order valence-electron chi connectivity index (χ3n) is 4.62. The van der Waals surface area contributed by atoms with Gasteiger partial charge in [0.15, 0.2) is 0 Å². The number of hydrogen-bond donors (Lipinski definition) is 1. The molecule has 3 heterocycles. The van der Waals surface area contributed by atoms with Gasteiger partial charge in [0.1, 0.15) is 15.8 Å². The van der Waals surface area contributed by atoms with Crippen molar-refractivity contribution in [1.29, 1.82) is 0 Å². The molecule has 0 unspecified atom stereocenters. The number of thioether (sulfide) groups is 1. The van der Waals surface area contributed by atoms with Crippen LogP contribution in [-0.4, -0.2) is 50.8 Å². The van der Waals surface area contributed by atoms with E-state index in [2.05, 4.69) is 17.2 Å². The topological polar surface area (TPSA) is 75.9 Å². The van der Waals surface area contributed by atoms with Crippen LogP contribution < -0.4 is 10.9 Å². The SMILES string of the molecule is CCCCN1C(=O)/C(=C/c2c(NCCCOCC)nc3ccccn3c2=O)SC1=S. The van der Waals surface area contributed by atoms with E-state index in [-0.39, 0.29) is 11.5 Å². The van der Waals surface area contributed by atoms with Crippen LogP contribution in [0, 0.1) is 0 Å². The minimum atomic E-state index is -0.230. The van der Waals surface area contributed by atoms with Crippen molar-refractivity contribution >= 4 is 51.7 Å². The lowest BCUT2D eigenvalue weighted by Gasteiger charge is -2.13. The first-order valence-corrected chi connectivity index (χ1v) is 11.4. The first kappa shape index (κ1) is 22.5. The van der Waals surface area contributed by atoms with E-state index in [1.54, 1.807) is 29.3 Å². The quantitative estimate of drug-likeness (QED) is 0.340. The van der Waals surface area contributed by atoms with E-state index >= 15 is 0 Å². The van der Waals surface area contributed by atoms with Crippen LogP contribution in [0.5, 0.6) is 0 Å². The smallest absolute Gasteiger partial charge is 0.267 e. The molecule has 1 aliphatic heterocycles. The van der Waals surface area contributed by atoms with Crippen molar-refractivity contribution in [2.75, 3.05) is 31.6 Å². The molecule has 0 radical (unpaired) electrons. The molecular weight excluding hydrogens is 420 g/mol. The third kappa shape index (κ3) is 5.08. The number of anilines is 1. The molecule has 0 spiro atoms. The lowest BCUT2D eigenvalue weighted by Crippen LogP contribution is -2.29. The van der Waals surface area contributed by atoms with Crippen LogP contribution in [0.15, 0.2) is 34.1 Å². The van der Waals surface area contributed by atoms with Crippen LogP contribution in [0.4, 0.5) is 5.82 Å². The highest BCUT2D eigenvalue weighted by atomic mass is 32.2. The third-order valence-corrected chi connectivity index (χ3v) is 5.99. The lowest BCUT2D eigenvalue weighted by atomic mass is 10.2. The van der Waals surface area contributed by atoms with E-state index in [0.29, 0.717) is 52.6 Å². The van der Waals surface area contributed by atoms with Crippen LogP contribution in [0.25, 0.3) is 11.7 Å². The molecule has 2 aromatic rings. The van der Waals surface area contributed by atoms with Gasteiger partial charge in [-0.05, 0) is 38.0 Å². The number of amides is 1. The zero-order chi connectivity index (χ0) is 21.5. The summed E-state index contributed by atoms with van der Waals surface area (Å²) in [5.74, 6) is 0.305. The molecule has 0 aromatic carbocycles. The Kier molecular flexibility index (Phi) is 8.01. The van der Waals surface area contributed by atoms with Gasteiger partial charge in [-0.25, -0.2) is 4.98 Å². The van der Waals surface area contributed by atoms with Crippen molar-refractivity contribution in [1.82, 2.24) is 14.3 Å². The van der Waals surface area contributed by atoms with Crippen LogP contribution in [0.2, 0.25) is 0 Å². The molecule has 1 saturated heterocycles. The summed E-state index contributed by atoms with van der Waals surface area (Å²) in [5, 5.41) is 3.23. The minimum Gasteiger partial charge on any atom is -0.382 e. The lowest BCUT2D eigenvalue weighted by molar-refractivity contribution is -0.122.